The fourth-order valence-electron chi connectivity index (χ4n) is 2.60. The van der Waals surface area contributed by atoms with Crippen molar-refractivity contribution in [1.29, 1.82) is 0 Å². The predicted molar refractivity (Wildman–Crippen MR) is 83.4 cm³/mol. The fourth-order valence-corrected chi connectivity index (χ4v) is 3.10. The molecule has 1 aliphatic carbocycles. The number of hydrogen-bond acceptors (Lipinski definition) is 4. The molecule has 116 valence electrons. The van der Waals surface area contributed by atoms with Crippen LogP contribution in [0.5, 0.6) is 5.75 Å². The van der Waals surface area contributed by atoms with E-state index in [9.17, 15) is 9.90 Å². The molecule has 2 unspecified atom stereocenters. The maximum atomic E-state index is 11.2. The van der Waals surface area contributed by atoms with Gasteiger partial charge in [-0.3, -0.25) is 4.79 Å². The quantitative estimate of drug-likeness (QED) is 0.795. The number of aryl methyl sites for hydroxylation is 1. The first-order chi connectivity index (χ1) is 10.1. The first-order valence-corrected chi connectivity index (χ1v) is 8.08. The van der Waals surface area contributed by atoms with E-state index < -0.39 is 0 Å². The predicted octanol–water partition coefficient (Wildman–Crippen LogP) is 3.24. The topological polar surface area (TPSA) is 55.8 Å². The maximum Gasteiger partial charge on any atom is 0.305 e. The van der Waals surface area contributed by atoms with Crippen molar-refractivity contribution in [3.63, 3.8) is 0 Å². The number of methoxy groups -OCH3 is 1. The lowest BCUT2D eigenvalue weighted by atomic mass is 10.1. The Hall–Kier alpha value is -1.07. The zero-order chi connectivity index (χ0) is 15.2. The normalized spacial score (nSPS) is 21.3. The number of benzene rings is 1. The average Bonchev–Trinajstić information content (AvgIpc) is 2.87. The average molecular weight is 357 g/mol. The standard InChI is InChI=1S/C16H21BrO4/c1-20-15(19)7-3-5-11-4-2-6-14(17)16(11)21-13-9-8-12(18)10-13/h2,4,6,12-13,18H,3,5,7-10H2,1H3. The number of aliphatic hydroxyl groups excluding tert-OH is 1. The Morgan fingerprint density at radius 1 is 1.43 bits per heavy atom. The summed E-state index contributed by atoms with van der Waals surface area (Å²) in [5.74, 6) is 0.646. The number of carbonyl (C=O) groups is 1. The minimum Gasteiger partial charge on any atom is -0.489 e. The van der Waals surface area contributed by atoms with E-state index in [1.54, 1.807) is 0 Å². The molecule has 1 aromatic carbocycles. The number of carbonyl (C=O) groups excluding carboxylic acids is 1. The Morgan fingerprint density at radius 3 is 2.90 bits per heavy atom. The number of esters is 1. The molecule has 21 heavy (non-hydrogen) atoms. The van der Waals surface area contributed by atoms with Crippen LogP contribution in [0.4, 0.5) is 0 Å². The van der Waals surface area contributed by atoms with Crippen LogP contribution in [0.3, 0.4) is 0 Å². The molecule has 0 saturated heterocycles. The summed E-state index contributed by atoms with van der Waals surface area (Å²) >= 11 is 3.52. The van der Waals surface area contributed by atoms with Crippen LogP contribution in [-0.4, -0.2) is 30.4 Å². The van der Waals surface area contributed by atoms with E-state index in [0.29, 0.717) is 12.8 Å². The molecule has 0 aromatic heterocycles. The first-order valence-electron chi connectivity index (χ1n) is 7.29. The lowest BCUT2D eigenvalue weighted by Crippen LogP contribution is -2.15. The van der Waals surface area contributed by atoms with Crippen molar-refractivity contribution in [1.82, 2.24) is 0 Å². The largest absolute Gasteiger partial charge is 0.489 e. The van der Waals surface area contributed by atoms with E-state index in [1.165, 1.54) is 7.11 Å². The summed E-state index contributed by atoms with van der Waals surface area (Å²) in [5, 5.41) is 9.60. The molecule has 1 fully saturated rings. The summed E-state index contributed by atoms with van der Waals surface area (Å²) in [4.78, 5) is 11.2. The van der Waals surface area contributed by atoms with E-state index in [0.717, 1.165) is 41.5 Å². The molecule has 2 atom stereocenters. The number of ether oxygens (including phenoxy) is 2. The van der Waals surface area contributed by atoms with Crippen LogP contribution < -0.4 is 4.74 Å². The highest BCUT2D eigenvalue weighted by Crippen LogP contribution is 2.34. The molecule has 0 spiro atoms. The van der Waals surface area contributed by atoms with Crippen LogP contribution in [0.1, 0.15) is 37.7 Å². The van der Waals surface area contributed by atoms with Gasteiger partial charge in [0.25, 0.3) is 0 Å². The zero-order valence-electron chi connectivity index (χ0n) is 12.2. The summed E-state index contributed by atoms with van der Waals surface area (Å²) in [5.41, 5.74) is 1.08. The van der Waals surface area contributed by atoms with E-state index in [2.05, 4.69) is 20.7 Å². The monoisotopic (exact) mass is 356 g/mol. The van der Waals surface area contributed by atoms with Gasteiger partial charge in [-0.15, -0.1) is 0 Å². The summed E-state index contributed by atoms with van der Waals surface area (Å²) in [6, 6.07) is 5.93. The van der Waals surface area contributed by atoms with E-state index in [1.807, 2.05) is 18.2 Å². The Bertz CT molecular complexity index is 489. The molecule has 1 aromatic rings. The molecule has 5 heteroatoms. The van der Waals surface area contributed by atoms with Gasteiger partial charge in [0.15, 0.2) is 0 Å². The lowest BCUT2D eigenvalue weighted by molar-refractivity contribution is -0.140. The summed E-state index contributed by atoms with van der Waals surface area (Å²) in [6.45, 7) is 0. The molecule has 0 amide bonds. The second-order valence-corrected chi connectivity index (χ2v) is 6.22. The number of hydrogen-bond donors (Lipinski definition) is 1. The van der Waals surface area contributed by atoms with Crippen LogP contribution in [0, 0.1) is 0 Å². The Balaban J connectivity index is 2.00. The molecule has 1 aliphatic rings. The van der Waals surface area contributed by atoms with E-state index >= 15 is 0 Å². The van der Waals surface area contributed by atoms with Crippen molar-refractivity contribution in [3.05, 3.63) is 28.2 Å². The van der Waals surface area contributed by atoms with Gasteiger partial charge in [-0.2, -0.15) is 0 Å². The van der Waals surface area contributed by atoms with Crippen LogP contribution >= 0.6 is 15.9 Å². The molecule has 0 aliphatic heterocycles. The molecule has 0 bridgehead atoms. The Labute approximate surface area is 133 Å². The Kier molecular flexibility index (Phi) is 6.06. The maximum absolute atomic E-state index is 11.2. The number of aliphatic hydroxyl groups is 1. The molecule has 2 rings (SSSR count). The van der Waals surface area contributed by atoms with Gasteiger partial charge in [-0.05, 0) is 53.2 Å². The second kappa shape index (κ2) is 7.80. The molecule has 1 saturated carbocycles. The minimum absolute atomic E-state index is 0.0676. The SMILES string of the molecule is COC(=O)CCCc1cccc(Br)c1OC1CCC(O)C1. The van der Waals surface area contributed by atoms with Gasteiger partial charge >= 0.3 is 5.97 Å². The molecular weight excluding hydrogens is 336 g/mol. The number of halogens is 1. The van der Waals surface area contributed by atoms with Gasteiger partial charge in [0.05, 0.1) is 17.7 Å². The summed E-state index contributed by atoms with van der Waals surface area (Å²) in [6.07, 6.45) is 4.08. The highest BCUT2D eigenvalue weighted by Gasteiger charge is 2.25. The highest BCUT2D eigenvalue weighted by molar-refractivity contribution is 9.10. The molecule has 4 nitrogen and oxygen atoms in total. The van der Waals surface area contributed by atoms with Gasteiger partial charge in [-0.1, -0.05) is 12.1 Å². The Morgan fingerprint density at radius 2 is 2.24 bits per heavy atom. The molecule has 0 heterocycles. The third-order valence-electron chi connectivity index (χ3n) is 3.74. The van der Waals surface area contributed by atoms with Crippen LogP contribution in [0.25, 0.3) is 0 Å². The zero-order valence-corrected chi connectivity index (χ0v) is 13.8. The molecule has 0 radical (unpaired) electrons. The van der Waals surface area contributed by atoms with E-state index in [-0.39, 0.29) is 18.2 Å². The van der Waals surface area contributed by atoms with Crippen molar-refractivity contribution in [2.24, 2.45) is 0 Å². The van der Waals surface area contributed by atoms with Gasteiger partial charge in [-0.25, -0.2) is 0 Å². The van der Waals surface area contributed by atoms with Gasteiger partial charge in [0.1, 0.15) is 11.9 Å². The van der Waals surface area contributed by atoms with Crippen molar-refractivity contribution < 1.29 is 19.4 Å². The third kappa shape index (κ3) is 4.71. The third-order valence-corrected chi connectivity index (χ3v) is 4.37. The lowest BCUT2D eigenvalue weighted by Gasteiger charge is -2.18. The van der Waals surface area contributed by atoms with Gasteiger partial charge < -0.3 is 14.6 Å². The summed E-state index contributed by atoms with van der Waals surface area (Å²) in [7, 11) is 1.40. The van der Waals surface area contributed by atoms with Crippen molar-refractivity contribution >= 4 is 21.9 Å². The number of para-hydroxylation sites is 1. The molecular formula is C16H21BrO4. The number of rotatable bonds is 6. The van der Waals surface area contributed by atoms with Crippen molar-refractivity contribution in [2.75, 3.05) is 7.11 Å². The van der Waals surface area contributed by atoms with Crippen molar-refractivity contribution in [3.8, 4) is 5.75 Å². The van der Waals surface area contributed by atoms with Crippen LogP contribution in [-0.2, 0) is 16.0 Å². The van der Waals surface area contributed by atoms with Gasteiger partial charge in [0.2, 0.25) is 0 Å². The van der Waals surface area contributed by atoms with E-state index in [4.69, 9.17) is 4.74 Å². The highest BCUT2D eigenvalue weighted by atomic mass is 79.9. The summed E-state index contributed by atoms with van der Waals surface area (Å²) < 4.78 is 11.6. The van der Waals surface area contributed by atoms with Crippen LogP contribution in [0.2, 0.25) is 0 Å². The second-order valence-electron chi connectivity index (χ2n) is 5.36. The minimum atomic E-state index is -0.250. The first kappa shape index (κ1) is 16.3. The van der Waals surface area contributed by atoms with Crippen molar-refractivity contribution in [2.45, 2.75) is 50.7 Å². The molecule has 1 N–H and O–H groups in total. The smallest absolute Gasteiger partial charge is 0.305 e. The fraction of sp³-hybridized carbons (Fsp3) is 0.562. The van der Waals surface area contributed by atoms with Gasteiger partial charge in [0, 0.05) is 12.8 Å². The van der Waals surface area contributed by atoms with Crippen LogP contribution in [0.15, 0.2) is 22.7 Å².